The molecule has 0 saturated carbocycles. The van der Waals surface area contributed by atoms with E-state index >= 15 is 0 Å². The zero-order valence-electron chi connectivity index (χ0n) is 16.1. The number of aryl methyl sites for hydroxylation is 1. The van der Waals surface area contributed by atoms with Crippen molar-refractivity contribution in [1.29, 1.82) is 0 Å². The van der Waals surface area contributed by atoms with Crippen molar-refractivity contribution >= 4 is 28.2 Å². The molecule has 29 heavy (non-hydrogen) atoms. The van der Waals surface area contributed by atoms with Gasteiger partial charge in [-0.2, -0.15) is 0 Å². The van der Waals surface area contributed by atoms with Crippen molar-refractivity contribution in [3.05, 3.63) is 76.2 Å². The first-order valence-electron chi connectivity index (χ1n) is 9.60. The second kappa shape index (κ2) is 8.09. The quantitative estimate of drug-likeness (QED) is 0.624. The number of para-hydroxylation sites is 1. The number of thiophene rings is 1. The van der Waals surface area contributed by atoms with E-state index in [4.69, 9.17) is 10.5 Å². The van der Waals surface area contributed by atoms with Crippen LogP contribution in [0.5, 0.6) is 11.5 Å². The van der Waals surface area contributed by atoms with Crippen molar-refractivity contribution in [3.63, 3.8) is 0 Å². The molecule has 0 unspecified atom stereocenters. The van der Waals surface area contributed by atoms with Crippen LogP contribution < -0.4 is 15.8 Å². The van der Waals surface area contributed by atoms with E-state index in [-0.39, 0.29) is 5.91 Å². The molecular formula is C23H22N2O3S. The van der Waals surface area contributed by atoms with Gasteiger partial charge in [0.25, 0.3) is 11.8 Å². The summed E-state index contributed by atoms with van der Waals surface area (Å²) in [7, 11) is 0. The first-order valence-corrected chi connectivity index (χ1v) is 10.4. The van der Waals surface area contributed by atoms with Gasteiger partial charge in [0.05, 0.1) is 5.56 Å². The Balaban J connectivity index is 1.52. The highest BCUT2D eigenvalue weighted by Crippen LogP contribution is 2.39. The van der Waals surface area contributed by atoms with Crippen LogP contribution in [-0.4, -0.2) is 11.8 Å². The molecule has 0 spiro atoms. The molecule has 2 aromatic carbocycles. The van der Waals surface area contributed by atoms with Crippen molar-refractivity contribution in [2.75, 3.05) is 5.32 Å². The number of hydrogen-bond donors (Lipinski definition) is 2. The van der Waals surface area contributed by atoms with Crippen LogP contribution >= 0.6 is 11.3 Å². The first-order chi connectivity index (χ1) is 14.0. The molecule has 148 valence electrons. The number of anilines is 1. The van der Waals surface area contributed by atoms with Gasteiger partial charge in [-0.05, 0) is 67.1 Å². The molecule has 1 atom stereocenters. The van der Waals surface area contributed by atoms with Crippen LogP contribution in [0.25, 0.3) is 0 Å². The zero-order valence-corrected chi connectivity index (χ0v) is 16.9. The Kier molecular flexibility index (Phi) is 5.36. The van der Waals surface area contributed by atoms with E-state index in [1.165, 1.54) is 11.3 Å². The number of carbonyl (C=O) groups excluding carboxylic acids is 2. The van der Waals surface area contributed by atoms with E-state index in [1.807, 2.05) is 30.3 Å². The van der Waals surface area contributed by atoms with Gasteiger partial charge >= 0.3 is 0 Å². The summed E-state index contributed by atoms with van der Waals surface area (Å²) in [6.07, 6.45) is 2.83. The van der Waals surface area contributed by atoms with Crippen LogP contribution in [0.2, 0.25) is 0 Å². The highest BCUT2D eigenvalue weighted by molar-refractivity contribution is 7.17. The normalized spacial score (nSPS) is 15.4. The molecule has 3 aromatic rings. The van der Waals surface area contributed by atoms with E-state index in [1.54, 1.807) is 24.3 Å². The number of ether oxygens (including phenoxy) is 1. The maximum absolute atomic E-state index is 12.7. The molecule has 1 aromatic heterocycles. The molecule has 1 heterocycles. The molecule has 0 aliphatic heterocycles. The summed E-state index contributed by atoms with van der Waals surface area (Å²) in [4.78, 5) is 25.9. The summed E-state index contributed by atoms with van der Waals surface area (Å²) in [6, 6.07) is 16.3. The predicted molar refractivity (Wildman–Crippen MR) is 115 cm³/mol. The number of hydrogen-bond acceptors (Lipinski definition) is 4. The maximum atomic E-state index is 12.7. The van der Waals surface area contributed by atoms with Gasteiger partial charge in [-0.3, -0.25) is 9.59 Å². The number of rotatable bonds is 5. The van der Waals surface area contributed by atoms with E-state index < -0.39 is 5.91 Å². The van der Waals surface area contributed by atoms with Crippen LogP contribution in [0.15, 0.2) is 54.6 Å². The lowest BCUT2D eigenvalue weighted by Gasteiger charge is -2.18. The van der Waals surface area contributed by atoms with Gasteiger partial charge in [0, 0.05) is 10.4 Å². The molecule has 0 bridgehead atoms. The van der Waals surface area contributed by atoms with Crippen molar-refractivity contribution in [1.82, 2.24) is 0 Å². The third kappa shape index (κ3) is 4.17. The molecular weight excluding hydrogens is 384 g/mol. The summed E-state index contributed by atoms with van der Waals surface area (Å²) >= 11 is 1.46. The Morgan fingerprint density at radius 1 is 1.07 bits per heavy atom. The molecule has 0 saturated heterocycles. The number of fused-ring (bicyclic) bond motifs is 1. The topological polar surface area (TPSA) is 81.4 Å². The molecule has 6 heteroatoms. The molecule has 0 radical (unpaired) electrons. The first kappa shape index (κ1) is 19.2. The van der Waals surface area contributed by atoms with Crippen molar-refractivity contribution in [3.8, 4) is 11.5 Å². The second-order valence-electron chi connectivity index (χ2n) is 7.31. The predicted octanol–water partition coefficient (Wildman–Crippen LogP) is 5.02. The summed E-state index contributed by atoms with van der Waals surface area (Å²) in [6.45, 7) is 2.17. The van der Waals surface area contributed by atoms with E-state index in [0.29, 0.717) is 27.8 Å². The minimum atomic E-state index is -0.487. The van der Waals surface area contributed by atoms with E-state index in [0.717, 1.165) is 35.5 Å². The van der Waals surface area contributed by atoms with Crippen molar-refractivity contribution < 1.29 is 14.3 Å². The molecule has 1 aliphatic carbocycles. The minimum Gasteiger partial charge on any atom is -0.457 e. The summed E-state index contributed by atoms with van der Waals surface area (Å²) in [5.41, 5.74) is 7.59. The lowest BCUT2D eigenvalue weighted by atomic mass is 9.87. The van der Waals surface area contributed by atoms with Gasteiger partial charge in [-0.1, -0.05) is 25.1 Å². The van der Waals surface area contributed by atoms with Crippen LogP contribution in [0, 0.1) is 5.92 Å². The second-order valence-corrected chi connectivity index (χ2v) is 8.42. The van der Waals surface area contributed by atoms with Crippen LogP contribution in [0.4, 0.5) is 5.00 Å². The van der Waals surface area contributed by atoms with Crippen molar-refractivity contribution in [2.45, 2.75) is 26.2 Å². The maximum Gasteiger partial charge on any atom is 0.256 e. The van der Waals surface area contributed by atoms with Crippen LogP contribution in [0.3, 0.4) is 0 Å². The van der Waals surface area contributed by atoms with Gasteiger partial charge < -0.3 is 15.8 Å². The number of nitrogens with two attached hydrogens (primary N) is 1. The Labute approximate surface area is 173 Å². The van der Waals surface area contributed by atoms with Gasteiger partial charge in [0.15, 0.2) is 0 Å². The smallest absolute Gasteiger partial charge is 0.256 e. The summed E-state index contributed by atoms with van der Waals surface area (Å²) in [5, 5.41) is 3.43. The van der Waals surface area contributed by atoms with E-state index in [2.05, 4.69) is 12.2 Å². The van der Waals surface area contributed by atoms with Gasteiger partial charge in [-0.25, -0.2) is 0 Å². The van der Waals surface area contributed by atoms with Crippen molar-refractivity contribution in [2.24, 2.45) is 11.7 Å². The Bertz CT molecular complexity index is 1040. The van der Waals surface area contributed by atoms with Gasteiger partial charge in [0.1, 0.15) is 16.5 Å². The molecule has 1 aliphatic rings. The Hall–Kier alpha value is -3.12. The summed E-state index contributed by atoms with van der Waals surface area (Å²) < 4.78 is 5.76. The van der Waals surface area contributed by atoms with Gasteiger partial charge in [0.2, 0.25) is 0 Å². The molecule has 4 rings (SSSR count). The van der Waals surface area contributed by atoms with E-state index in [9.17, 15) is 9.59 Å². The SMILES string of the molecule is C[C@@H]1CCc2sc(NC(=O)c3ccc(Oc4ccccc4)cc3)c(C(N)=O)c2C1. The monoisotopic (exact) mass is 406 g/mol. The number of primary amides is 1. The largest absolute Gasteiger partial charge is 0.457 e. The number of nitrogens with one attached hydrogen (secondary N) is 1. The fourth-order valence-corrected chi connectivity index (χ4v) is 4.83. The average Bonchev–Trinajstić information content (AvgIpc) is 3.06. The number of benzene rings is 2. The molecule has 2 amide bonds. The lowest BCUT2D eigenvalue weighted by molar-refractivity contribution is 0.1000. The molecule has 0 fully saturated rings. The summed E-state index contributed by atoms with van der Waals surface area (Å²) in [5.74, 6) is 1.13. The highest BCUT2D eigenvalue weighted by atomic mass is 32.1. The average molecular weight is 407 g/mol. The fourth-order valence-electron chi connectivity index (χ4n) is 3.58. The number of amides is 2. The zero-order chi connectivity index (χ0) is 20.4. The minimum absolute atomic E-state index is 0.273. The highest BCUT2D eigenvalue weighted by Gasteiger charge is 2.27. The standard InChI is InChI=1S/C23H22N2O3S/c1-14-7-12-19-18(13-14)20(21(24)26)23(29-19)25-22(27)15-8-10-17(11-9-15)28-16-5-3-2-4-6-16/h2-6,8-11,14H,7,12-13H2,1H3,(H2,24,26)(H,25,27)/t14-/m1/s1. The number of carbonyl (C=O) groups is 2. The Morgan fingerprint density at radius 2 is 1.76 bits per heavy atom. The van der Waals surface area contributed by atoms with Crippen LogP contribution in [-0.2, 0) is 12.8 Å². The molecule has 3 N–H and O–H groups in total. The Morgan fingerprint density at radius 3 is 2.45 bits per heavy atom. The third-order valence-electron chi connectivity index (χ3n) is 5.08. The third-order valence-corrected chi connectivity index (χ3v) is 6.28. The lowest BCUT2D eigenvalue weighted by Crippen LogP contribution is -2.19. The molecule has 5 nitrogen and oxygen atoms in total. The fraction of sp³-hybridized carbons (Fsp3) is 0.217. The van der Waals surface area contributed by atoms with Crippen LogP contribution in [0.1, 0.15) is 44.5 Å². The van der Waals surface area contributed by atoms with Gasteiger partial charge in [-0.15, -0.1) is 11.3 Å².